The van der Waals surface area contributed by atoms with Crippen LogP contribution in [0.3, 0.4) is 0 Å². The Bertz CT molecular complexity index is 1660. The number of hydrogen-bond donors (Lipinski definition) is 1. The summed E-state index contributed by atoms with van der Waals surface area (Å²) in [5.74, 6) is -2.81. The molecule has 2 saturated heterocycles. The number of aromatic carboxylic acids is 1. The molecule has 2 aromatic carbocycles. The Kier molecular flexibility index (Phi) is 8.12. The standard InChI is InChI=1S/C30H31F2N7O3/c1-19(16-33)35-5-9-37(10-6-35)21-3-4-26(24(31)13-21)39-18-23(30(41)42)29(40)22-14-25(32)28(15-27(22)39)38-11-7-36(8-12-38)20(2)17-34/h3-4,13-15,18-20H,5-12H2,1-2H3,(H,41,42). The summed E-state index contributed by atoms with van der Waals surface area (Å²) in [4.78, 5) is 32.9. The second kappa shape index (κ2) is 11.8. The monoisotopic (exact) mass is 575 g/mol. The number of pyridine rings is 1. The molecule has 0 spiro atoms. The molecule has 2 atom stereocenters. The zero-order valence-corrected chi connectivity index (χ0v) is 23.4. The number of nitriles is 2. The van der Waals surface area contributed by atoms with Crippen molar-refractivity contribution in [1.82, 2.24) is 14.4 Å². The Balaban J connectivity index is 1.53. The van der Waals surface area contributed by atoms with Crippen molar-refractivity contribution in [3.05, 3.63) is 63.9 Å². The van der Waals surface area contributed by atoms with Gasteiger partial charge in [0.2, 0.25) is 5.43 Å². The largest absolute Gasteiger partial charge is 0.477 e. The number of carboxylic acids is 1. The van der Waals surface area contributed by atoms with Crippen LogP contribution in [0.2, 0.25) is 0 Å². The average molecular weight is 576 g/mol. The quantitative estimate of drug-likeness (QED) is 0.473. The summed E-state index contributed by atoms with van der Waals surface area (Å²) in [6.45, 7) is 8.13. The number of benzene rings is 2. The fourth-order valence-corrected chi connectivity index (χ4v) is 5.70. The average Bonchev–Trinajstić information content (AvgIpc) is 3.00. The maximum atomic E-state index is 15.8. The molecular formula is C30H31F2N7O3. The highest BCUT2D eigenvalue weighted by Gasteiger charge is 2.26. The Morgan fingerprint density at radius 1 is 0.833 bits per heavy atom. The second-order valence-electron chi connectivity index (χ2n) is 10.7. The van der Waals surface area contributed by atoms with Crippen LogP contribution in [-0.4, -0.2) is 89.9 Å². The van der Waals surface area contributed by atoms with Crippen molar-refractivity contribution in [2.45, 2.75) is 25.9 Å². The molecule has 10 nitrogen and oxygen atoms in total. The smallest absolute Gasteiger partial charge is 0.341 e. The van der Waals surface area contributed by atoms with Crippen molar-refractivity contribution < 1.29 is 18.7 Å². The summed E-state index contributed by atoms with van der Waals surface area (Å²) in [5, 5.41) is 28.0. The number of nitrogens with zero attached hydrogens (tertiary/aromatic N) is 7. The van der Waals surface area contributed by atoms with Crippen LogP contribution in [0.1, 0.15) is 24.2 Å². The first-order valence-corrected chi connectivity index (χ1v) is 13.8. The molecule has 218 valence electrons. The van der Waals surface area contributed by atoms with Gasteiger partial charge in [0.1, 0.15) is 17.2 Å². The highest BCUT2D eigenvalue weighted by Crippen LogP contribution is 2.30. The van der Waals surface area contributed by atoms with Gasteiger partial charge in [0, 0.05) is 69.6 Å². The van der Waals surface area contributed by atoms with Crippen molar-refractivity contribution in [3.63, 3.8) is 0 Å². The normalized spacial score (nSPS) is 18.0. The van der Waals surface area contributed by atoms with E-state index in [0.717, 1.165) is 12.3 Å². The molecule has 0 radical (unpaired) electrons. The number of aromatic nitrogens is 1. The number of fused-ring (bicyclic) bond motifs is 1. The number of halogens is 2. The minimum absolute atomic E-state index is 0.0215. The highest BCUT2D eigenvalue weighted by atomic mass is 19.1. The van der Waals surface area contributed by atoms with Crippen LogP contribution in [0.5, 0.6) is 0 Å². The van der Waals surface area contributed by atoms with E-state index in [0.29, 0.717) is 58.0 Å². The molecular weight excluding hydrogens is 544 g/mol. The van der Waals surface area contributed by atoms with Crippen LogP contribution in [0, 0.1) is 34.3 Å². The third-order valence-electron chi connectivity index (χ3n) is 8.30. The van der Waals surface area contributed by atoms with Crippen LogP contribution in [0.25, 0.3) is 16.6 Å². The van der Waals surface area contributed by atoms with E-state index in [9.17, 15) is 25.2 Å². The lowest BCUT2D eigenvalue weighted by Crippen LogP contribution is -2.49. The number of carbonyl (C=O) groups is 1. The van der Waals surface area contributed by atoms with E-state index in [1.165, 1.54) is 22.8 Å². The number of piperazine rings is 2. The van der Waals surface area contributed by atoms with E-state index < -0.39 is 28.6 Å². The molecule has 2 fully saturated rings. The molecule has 0 saturated carbocycles. The van der Waals surface area contributed by atoms with Crippen molar-refractivity contribution in [1.29, 1.82) is 10.5 Å². The number of hydrogen-bond acceptors (Lipinski definition) is 8. The van der Waals surface area contributed by atoms with E-state index in [1.54, 1.807) is 13.0 Å². The van der Waals surface area contributed by atoms with Gasteiger partial charge >= 0.3 is 5.97 Å². The van der Waals surface area contributed by atoms with Crippen molar-refractivity contribution in [2.75, 3.05) is 62.2 Å². The maximum absolute atomic E-state index is 15.8. The molecule has 2 aliphatic rings. The van der Waals surface area contributed by atoms with Gasteiger partial charge in [0.25, 0.3) is 0 Å². The van der Waals surface area contributed by atoms with Crippen LogP contribution in [0.4, 0.5) is 20.2 Å². The molecule has 0 bridgehead atoms. The topological polar surface area (TPSA) is 120 Å². The molecule has 12 heteroatoms. The first-order valence-electron chi connectivity index (χ1n) is 13.8. The molecule has 0 amide bonds. The predicted molar refractivity (Wildman–Crippen MR) is 154 cm³/mol. The van der Waals surface area contributed by atoms with Gasteiger partial charge in [-0.05, 0) is 44.2 Å². The molecule has 2 aliphatic heterocycles. The van der Waals surface area contributed by atoms with Crippen LogP contribution >= 0.6 is 0 Å². The van der Waals surface area contributed by atoms with Gasteiger partial charge < -0.3 is 19.5 Å². The lowest BCUT2D eigenvalue weighted by Gasteiger charge is -2.37. The molecule has 2 unspecified atom stereocenters. The summed E-state index contributed by atoms with van der Waals surface area (Å²) < 4.78 is 32.5. The van der Waals surface area contributed by atoms with Crippen molar-refractivity contribution in [2.24, 2.45) is 0 Å². The number of anilines is 2. The Morgan fingerprint density at radius 3 is 1.90 bits per heavy atom. The van der Waals surface area contributed by atoms with E-state index in [4.69, 9.17) is 0 Å². The van der Waals surface area contributed by atoms with Gasteiger partial charge in [-0.3, -0.25) is 14.6 Å². The van der Waals surface area contributed by atoms with E-state index in [1.807, 2.05) is 21.6 Å². The van der Waals surface area contributed by atoms with Gasteiger partial charge in [-0.1, -0.05) is 0 Å². The minimum Gasteiger partial charge on any atom is -0.477 e. The van der Waals surface area contributed by atoms with E-state index in [2.05, 4.69) is 17.0 Å². The van der Waals surface area contributed by atoms with E-state index in [-0.39, 0.29) is 34.4 Å². The van der Waals surface area contributed by atoms with E-state index >= 15 is 8.78 Å². The molecule has 1 aromatic heterocycles. The third kappa shape index (κ3) is 5.39. The second-order valence-corrected chi connectivity index (χ2v) is 10.7. The lowest BCUT2D eigenvalue weighted by atomic mass is 10.1. The summed E-state index contributed by atoms with van der Waals surface area (Å²) >= 11 is 0. The zero-order valence-electron chi connectivity index (χ0n) is 23.4. The minimum atomic E-state index is -1.50. The van der Waals surface area contributed by atoms with Crippen molar-refractivity contribution in [3.8, 4) is 17.8 Å². The van der Waals surface area contributed by atoms with Gasteiger partial charge in [-0.2, -0.15) is 10.5 Å². The molecule has 3 heterocycles. The fourth-order valence-electron chi connectivity index (χ4n) is 5.70. The summed E-state index contributed by atoms with van der Waals surface area (Å²) in [7, 11) is 0. The lowest BCUT2D eigenvalue weighted by molar-refractivity contribution is 0.0695. The Labute approximate surface area is 241 Å². The molecule has 3 aromatic rings. The van der Waals surface area contributed by atoms with Crippen molar-refractivity contribution >= 4 is 28.2 Å². The fraction of sp³-hybridized carbons (Fsp3) is 0.400. The first-order chi connectivity index (χ1) is 20.1. The number of rotatable bonds is 6. The summed E-state index contributed by atoms with van der Waals surface area (Å²) in [5.41, 5.74) is -0.397. The van der Waals surface area contributed by atoms with Gasteiger partial charge in [0.05, 0.1) is 41.1 Å². The zero-order chi connectivity index (χ0) is 30.1. The van der Waals surface area contributed by atoms with Crippen LogP contribution in [0.15, 0.2) is 41.3 Å². The predicted octanol–water partition coefficient (Wildman–Crippen LogP) is 3.04. The third-order valence-corrected chi connectivity index (χ3v) is 8.30. The highest BCUT2D eigenvalue weighted by molar-refractivity contribution is 5.94. The Morgan fingerprint density at radius 2 is 1.38 bits per heavy atom. The SMILES string of the molecule is CC(C#N)N1CCN(c2ccc(-n3cc(C(=O)O)c(=O)c4cc(F)c(N5CCN(C(C)C#N)CC5)cc43)c(F)c2)CC1. The Hall–Kier alpha value is -4.52. The molecule has 1 N–H and O–H groups in total. The molecule has 5 rings (SSSR count). The van der Waals surface area contributed by atoms with Gasteiger partial charge in [0.15, 0.2) is 0 Å². The number of carboxylic acid groups (broad SMARTS) is 1. The maximum Gasteiger partial charge on any atom is 0.341 e. The first kappa shape index (κ1) is 29.0. The molecule has 0 aliphatic carbocycles. The summed E-state index contributed by atoms with van der Waals surface area (Å²) in [6.07, 6.45) is 1.08. The van der Waals surface area contributed by atoms with Gasteiger partial charge in [-0.25, -0.2) is 13.6 Å². The molecule has 42 heavy (non-hydrogen) atoms. The van der Waals surface area contributed by atoms with Crippen LogP contribution in [-0.2, 0) is 0 Å². The van der Waals surface area contributed by atoms with Crippen LogP contribution < -0.4 is 15.2 Å². The van der Waals surface area contributed by atoms with Gasteiger partial charge in [-0.15, -0.1) is 0 Å². The summed E-state index contributed by atoms with van der Waals surface area (Å²) in [6, 6.07) is 11.1.